The van der Waals surface area contributed by atoms with E-state index in [0.29, 0.717) is 45.8 Å². The number of alkyl halides is 6. The fraction of sp³-hybridized carbons (Fsp3) is 0.296. The number of imidazole rings is 1. The van der Waals surface area contributed by atoms with Crippen molar-refractivity contribution in [3.63, 3.8) is 0 Å². The van der Waals surface area contributed by atoms with Gasteiger partial charge in [-0.05, 0) is 41.8 Å². The molecule has 1 aliphatic heterocycles. The number of anilines is 1. The molecule has 2 N–H and O–H groups in total. The third-order valence-corrected chi connectivity index (χ3v) is 7.13. The predicted molar refractivity (Wildman–Crippen MR) is 146 cm³/mol. The number of benzene rings is 2. The van der Waals surface area contributed by atoms with Gasteiger partial charge in [0.1, 0.15) is 0 Å². The Kier molecular flexibility index (Phi) is 9.05. The third-order valence-electron chi connectivity index (χ3n) is 6.51. The molecule has 2 aromatic carbocycles. The number of carboxylic acid groups (broad SMARTS) is 1. The Morgan fingerprint density at radius 1 is 1.02 bits per heavy atom. The molecule has 1 atom stereocenters. The first-order valence-corrected chi connectivity index (χ1v) is 13.1. The molecule has 43 heavy (non-hydrogen) atoms. The lowest BCUT2D eigenvalue weighted by atomic mass is 9.83. The Morgan fingerprint density at radius 3 is 2.12 bits per heavy atom. The molecule has 0 radical (unpaired) electrons. The number of aliphatic hydroxyl groups is 1. The number of carboxylic acids is 1. The van der Waals surface area contributed by atoms with Gasteiger partial charge in [-0.25, -0.2) is 14.8 Å². The quantitative estimate of drug-likeness (QED) is 0.235. The molecule has 0 amide bonds. The highest BCUT2D eigenvalue weighted by molar-refractivity contribution is 6.37. The van der Waals surface area contributed by atoms with Gasteiger partial charge in [0, 0.05) is 30.5 Å². The minimum atomic E-state index is -5.08. The maximum Gasteiger partial charge on any atom is 0.490 e. The van der Waals surface area contributed by atoms with Crippen molar-refractivity contribution < 1.29 is 46.1 Å². The number of hydrogen-bond acceptors (Lipinski definition) is 6. The molecule has 0 spiro atoms. The number of halogens is 8. The van der Waals surface area contributed by atoms with Gasteiger partial charge in [0.05, 0.1) is 28.8 Å². The number of aliphatic carboxylic acids is 1. The molecule has 0 saturated carbocycles. The number of aryl methyl sites for hydroxylation is 1. The molecule has 1 unspecified atom stereocenters. The van der Waals surface area contributed by atoms with E-state index in [-0.39, 0.29) is 16.6 Å². The van der Waals surface area contributed by atoms with E-state index in [9.17, 15) is 31.4 Å². The van der Waals surface area contributed by atoms with E-state index in [1.165, 1.54) is 0 Å². The van der Waals surface area contributed by atoms with Gasteiger partial charge in [-0.1, -0.05) is 41.4 Å². The SMILES string of the molecule is Cn1cncc1C(O)(c1ccc(Cl)cc1)c1ccc2nc(N3CCC3)c(OCC(F)(F)F)c(Cl)c2c1.O=C(O)C(F)(F)F. The second-order valence-electron chi connectivity index (χ2n) is 9.46. The third kappa shape index (κ3) is 6.92. The van der Waals surface area contributed by atoms with Crippen LogP contribution in [0.1, 0.15) is 23.2 Å². The maximum atomic E-state index is 13.0. The van der Waals surface area contributed by atoms with Crippen molar-refractivity contribution in [2.24, 2.45) is 7.05 Å². The number of ether oxygens (including phenoxy) is 1. The molecule has 1 aliphatic rings. The first-order chi connectivity index (χ1) is 20.0. The summed E-state index contributed by atoms with van der Waals surface area (Å²) in [6, 6.07) is 11.7. The predicted octanol–water partition coefficient (Wildman–Crippen LogP) is 6.34. The lowest BCUT2D eigenvalue weighted by Crippen LogP contribution is -2.38. The summed E-state index contributed by atoms with van der Waals surface area (Å²) in [6.45, 7) is -0.206. The van der Waals surface area contributed by atoms with Crippen LogP contribution in [0.25, 0.3) is 10.9 Å². The first-order valence-electron chi connectivity index (χ1n) is 12.4. The molecule has 2 aromatic heterocycles. The fourth-order valence-corrected chi connectivity index (χ4v) is 4.72. The van der Waals surface area contributed by atoms with Crippen molar-refractivity contribution >= 4 is 45.9 Å². The molecule has 8 nitrogen and oxygen atoms in total. The lowest BCUT2D eigenvalue weighted by Gasteiger charge is -2.34. The van der Waals surface area contributed by atoms with Crippen LogP contribution in [0, 0.1) is 0 Å². The van der Waals surface area contributed by atoms with Gasteiger partial charge in [-0.3, -0.25) is 0 Å². The summed E-state index contributed by atoms with van der Waals surface area (Å²) >= 11 is 12.7. The summed E-state index contributed by atoms with van der Waals surface area (Å²) in [6.07, 6.45) is -5.62. The van der Waals surface area contributed by atoms with Gasteiger partial charge in [0.15, 0.2) is 23.8 Å². The van der Waals surface area contributed by atoms with Crippen LogP contribution in [0.4, 0.5) is 32.2 Å². The van der Waals surface area contributed by atoms with E-state index in [1.54, 1.807) is 66.6 Å². The molecule has 3 heterocycles. The van der Waals surface area contributed by atoms with E-state index in [1.807, 2.05) is 4.90 Å². The Morgan fingerprint density at radius 2 is 1.63 bits per heavy atom. The molecule has 1 saturated heterocycles. The monoisotopic (exact) mass is 650 g/mol. The normalized spacial score (nSPS) is 14.9. The minimum Gasteiger partial charge on any atom is -0.479 e. The van der Waals surface area contributed by atoms with Gasteiger partial charge >= 0.3 is 18.3 Å². The number of aromatic nitrogens is 3. The van der Waals surface area contributed by atoms with Crippen molar-refractivity contribution in [3.8, 4) is 5.75 Å². The smallest absolute Gasteiger partial charge is 0.479 e. The van der Waals surface area contributed by atoms with Crippen LogP contribution in [0.3, 0.4) is 0 Å². The van der Waals surface area contributed by atoms with Crippen LogP contribution in [0.2, 0.25) is 10.0 Å². The van der Waals surface area contributed by atoms with Gasteiger partial charge < -0.3 is 24.4 Å². The highest BCUT2D eigenvalue weighted by Crippen LogP contribution is 2.44. The molecular weight excluding hydrogens is 629 g/mol. The van der Waals surface area contributed by atoms with Gasteiger partial charge in [0.25, 0.3) is 0 Å². The Balaban J connectivity index is 0.000000541. The van der Waals surface area contributed by atoms with Crippen LogP contribution in [0.15, 0.2) is 55.0 Å². The average Bonchev–Trinajstić information content (AvgIpc) is 3.33. The molecule has 16 heteroatoms. The summed E-state index contributed by atoms with van der Waals surface area (Å²) in [4.78, 5) is 19.4. The summed E-state index contributed by atoms with van der Waals surface area (Å²) < 4.78 is 77.6. The van der Waals surface area contributed by atoms with Crippen LogP contribution in [0.5, 0.6) is 5.75 Å². The number of carbonyl (C=O) groups is 1. The van der Waals surface area contributed by atoms with E-state index < -0.39 is 30.5 Å². The van der Waals surface area contributed by atoms with Crippen LogP contribution in [-0.2, 0) is 17.4 Å². The van der Waals surface area contributed by atoms with Crippen LogP contribution < -0.4 is 9.64 Å². The number of nitrogens with zero attached hydrogens (tertiary/aromatic N) is 4. The lowest BCUT2D eigenvalue weighted by molar-refractivity contribution is -0.192. The summed E-state index contributed by atoms with van der Waals surface area (Å²) in [7, 11) is 1.75. The Hall–Kier alpha value is -3.75. The zero-order valence-corrected chi connectivity index (χ0v) is 23.6. The van der Waals surface area contributed by atoms with Crippen molar-refractivity contribution in [2.75, 3.05) is 24.6 Å². The minimum absolute atomic E-state index is 0.00328. The molecule has 4 aromatic rings. The second kappa shape index (κ2) is 12.1. The van der Waals surface area contributed by atoms with Crippen LogP contribution in [-0.4, -0.2) is 62.8 Å². The Labute approximate surface area is 250 Å². The molecule has 5 rings (SSSR count). The molecule has 0 aliphatic carbocycles. The summed E-state index contributed by atoms with van der Waals surface area (Å²) in [5.41, 5.74) is 0.205. The molecule has 1 fully saturated rings. The van der Waals surface area contributed by atoms with Crippen molar-refractivity contribution in [3.05, 3.63) is 81.9 Å². The van der Waals surface area contributed by atoms with Crippen molar-refractivity contribution in [1.82, 2.24) is 14.5 Å². The average molecular weight is 651 g/mol. The fourth-order valence-electron chi connectivity index (χ4n) is 4.30. The largest absolute Gasteiger partial charge is 0.490 e. The zero-order chi connectivity index (χ0) is 31.7. The van der Waals surface area contributed by atoms with E-state index >= 15 is 0 Å². The van der Waals surface area contributed by atoms with E-state index in [0.717, 1.165) is 6.42 Å². The summed E-state index contributed by atoms with van der Waals surface area (Å²) in [5, 5.41) is 20.1. The Bertz CT molecular complexity index is 1630. The van der Waals surface area contributed by atoms with Gasteiger partial charge in [-0.2, -0.15) is 26.3 Å². The number of rotatable bonds is 6. The second-order valence-corrected chi connectivity index (χ2v) is 10.3. The van der Waals surface area contributed by atoms with Gasteiger partial charge in [-0.15, -0.1) is 0 Å². The van der Waals surface area contributed by atoms with Crippen molar-refractivity contribution in [2.45, 2.75) is 24.4 Å². The van der Waals surface area contributed by atoms with E-state index in [2.05, 4.69) is 9.97 Å². The first kappa shape index (κ1) is 32.2. The summed E-state index contributed by atoms with van der Waals surface area (Å²) in [5.74, 6) is -2.61. The number of pyridine rings is 1. The number of hydrogen-bond donors (Lipinski definition) is 2. The maximum absolute atomic E-state index is 13.0. The zero-order valence-electron chi connectivity index (χ0n) is 22.0. The molecule has 230 valence electrons. The van der Waals surface area contributed by atoms with Gasteiger partial charge in [0.2, 0.25) is 0 Å². The molecule has 0 bridgehead atoms. The molecular formula is C27H22Cl2F6N4O4. The van der Waals surface area contributed by atoms with Crippen molar-refractivity contribution in [1.29, 1.82) is 0 Å². The highest BCUT2D eigenvalue weighted by atomic mass is 35.5. The van der Waals surface area contributed by atoms with Crippen LogP contribution >= 0.6 is 23.2 Å². The highest BCUT2D eigenvalue weighted by Gasteiger charge is 2.39. The standard InChI is InChI=1S/C25H21Cl2F3N4O2.C2HF3O2/c1-33-14-31-12-20(33)25(35,15-3-6-17(26)7-4-15)16-5-8-19-18(11-16)21(27)22(36-13-24(28,29)30)23(32-19)34-9-2-10-34;3-2(4,5)1(6)7/h3-8,11-12,14,35H,2,9-10,13H2,1H3;(H,6,7). The topological polar surface area (TPSA) is 101 Å². The number of fused-ring (bicyclic) bond motifs is 1. The van der Waals surface area contributed by atoms with E-state index in [4.69, 9.17) is 37.8 Å².